The monoisotopic (exact) mass is 487 g/mol. The van der Waals surface area contributed by atoms with Crippen LogP contribution in [-0.4, -0.2) is 65.2 Å². The molecule has 2 aliphatic rings. The van der Waals surface area contributed by atoms with Gasteiger partial charge in [-0.25, -0.2) is 0 Å². The van der Waals surface area contributed by atoms with Gasteiger partial charge in [0.25, 0.3) is 0 Å². The minimum Gasteiger partial charge on any atom is -0.495 e. The van der Waals surface area contributed by atoms with Crippen molar-refractivity contribution in [1.82, 2.24) is 9.88 Å². The molecule has 1 aromatic heterocycles. The third kappa shape index (κ3) is 3.32. The van der Waals surface area contributed by atoms with Crippen molar-refractivity contribution >= 4 is 0 Å². The Morgan fingerprint density at radius 1 is 1.14 bits per heavy atom. The molecule has 0 bridgehead atoms. The van der Waals surface area contributed by atoms with E-state index in [2.05, 4.69) is 11.1 Å². The average Bonchev–Trinajstić information content (AvgIpc) is 3.28. The average molecular weight is 488 g/mol. The predicted octanol–water partition coefficient (Wildman–Crippen LogP) is 2.14. The van der Waals surface area contributed by atoms with E-state index in [1.165, 1.54) is 19.5 Å². The summed E-state index contributed by atoms with van der Waals surface area (Å²) in [7, 11) is 3.36. The Hall–Kier alpha value is -3.48. The molecule has 8 nitrogen and oxygen atoms in total. The van der Waals surface area contributed by atoms with Gasteiger partial charge in [-0.15, -0.1) is 0 Å². The first-order valence-electron chi connectivity index (χ1n) is 11.9. The van der Waals surface area contributed by atoms with Crippen LogP contribution in [0.1, 0.15) is 28.2 Å². The SMILES string of the molecule is COc1cncc2c1C1(O)C(O)C(CN(C)CCO)C(c3ccccc3)C1(c1ccc(C#N)cc1)O2. The maximum atomic E-state index is 12.7. The fourth-order valence-corrected chi connectivity index (χ4v) is 6.15. The summed E-state index contributed by atoms with van der Waals surface area (Å²) in [6.45, 7) is 0.782. The number of fused-ring (bicyclic) bond motifs is 3. The molecule has 36 heavy (non-hydrogen) atoms. The zero-order valence-electron chi connectivity index (χ0n) is 20.2. The van der Waals surface area contributed by atoms with Crippen LogP contribution in [0.15, 0.2) is 67.0 Å². The molecular formula is C28H29N3O5. The highest BCUT2D eigenvalue weighted by Gasteiger charge is 2.76. The number of nitriles is 1. The Kier molecular flexibility index (Phi) is 6.18. The van der Waals surface area contributed by atoms with E-state index in [1.54, 1.807) is 24.3 Å². The van der Waals surface area contributed by atoms with E-state index in [0.717, 1.165) is 5.56 Å². The highest BCUT2D eigenvalue weighted by atomic mass is 16.5. The smallest absolute Gasteiger partial charge is 0.177 e. The van der Waals surface area contributed by atoms with Crippen molar-refractivity contribution in [2.75, 3.05) is 33.9 Å². The summed E-state index contributed by atoms with van der Waals surface area (Å²) in [5, 5.41) is 43.6. The van der Waals surface area contributed by atoms with Gasteiger partial charge >= 0.3 is 0 Å². The summed E-state index contributed by atoms with van der Waals surface area (Å²) >= 11 is 0. The lowest BCUT2D eigenvalue weighted by Crippen LogP contribution is -2.52. The van der Waals surface area contributed by atoms with Crippen LogP contribution in [0.3, 0.4) is 0 Å². The van der Waals surface area contributed by atoms with Gasteiger partial charge in [0.1, 0.15) is 11.5 Å². The molecule has 2 aromatic carbocycles. The van der Waals surface area contributed by atoms with Crippen LogP contribution in [0.25, 0.3) is 0 Å². The normalized spacial score (nSPS) is 28.3. The Morgan fingerprint density at radius 2 is 1.86 bits per heavy atom. The van der Waals surface area contributed by atoms with Gasteiger partial charge in [-0.1, -0.05) is 42.5 Å². The van der Waals surface area contributed by atoms with Crippen molar-refractivity contribution < 1.29 is 24.8 Å². The highest BCUT2D eigenvalue weighted by Crippen LogP contribution is 2.69. The Bertz CT molecular complexity index is 1280. The number of hydrogen-bond donors (Lipinski definition) is 3. The molecule has 5 rings (SSSR count). The maximum absolute atomic E-state index is 12.7. The number of aliphatic hydroxyl groups excluding tert-OH is 2. The van der Waals surface area contributed by atoms with Crippen molar-refractivity contribution in [3.8, 4) is 17.6 Å². The van der Waals surface area contributed by atoms with Gasteiger partial charge in [0.2, 0.25) is 0 Å². The summed E-state index contributed by atoms with van der Waals surface area (Å²) in [5.74, 6) is -0.315. The number of hydrogen-bond acceptors (Lipinski definition) is 8. The number of likely N-dealkylation sites (N-methyl/N-ethyl adjacent to an activating group) is 1. The lowest BCUT2D eigenvalue weighted by Gasteiger charge is -2.41. The van der Waals surface area contributed by atoms with E-state index in [0.29, 0.717) is 41.3 Å². The zero-order valence-corrected chi connectivity index (χ0v) is 20.2. The van der Waals surface area contributed by atoms with Gasteiger partial charge in [-0.2, -0.15) is 5.26 Å². The van der Waals surface area contributed by atoms with Crippen molar-refractivity contribution in [2.24, 2.45) is 5.92 Å². The number of rotatable bonds is 7. The van der Waals surface area contributed by atoms with Crippen molar-refractivity contribution in [2.45, 2.75) is 23.2 Å². The van der Waals surface area contributed by atoms with Gasteiger partial charge in [-0.05, 0) is 30.3 Å². The molecule has 1 fully saturated rings. The molecular weight excluding hydrogens is 458 g/mol. The predicted molar refractivity (Wildman–Crippen MR) is 131 cm³/mol. The van der Waals surface area contributed by atoms with E-state index in [-0.39, 0.29) is 6.61 Å². The quantitative estimate of drug-likeness (QED) is 0.464. The van der Waals surface area contributed by atoms with Crippen LogP contribution in [0, 0.1) is 17.2 Å². The van der Waals surface area contributed by atoms with Crippen LogP contribution in [0.2, 0.25) is 0 Å². The number of nitrogens with zero attached hydrogens (tertiary/aromatic N) is 3. The third-order valence-corrected chi connectivity index (χ3v) is 7.62. The number of aliphatic hydroxyl groups is 3. The Morgan fingerprint density at radius 3 is 2.50 bits per heavy atom. The van der Waals surface area contributed by atoms with Crippen molar-refractivity contribution in [3.63, 3.8) is 0 Å². The summed E-state index contributed by atoms with van der Waals surface area (Å²) in [4.78, 5) is 6.17. The number of benzene rings is 2. The number of aromatic nitrogens is 1. The second-order valence-corrected chi connectivity index (χ2v) is 9.49. The first kappa shape index (κ1) is 24.2. The summed E-state index contributed by atoms with van der Waals surface area (Å²) in [6, 6.07) is 18.8. The molecule has 3 aromatic rings. The van der Waals surface area contributed by atoms with Gasteiger partial charge in [-0.3, -0.25) is 4.98 Å². The van der Waals surface area contributed by atoms with Crippen LogP contribution < -0.4 is 9.47 Å². The fourth-order valence-electron chi connectivity index (χ4n) is 6.15. The maximum Gasteiger partial charge on any atom is 0.177 e. The standard InChI is InChI=1S/C28H29N3O5/c1-31(12-13-32)17-21-24(19-6-4-3-5-7-19)28(20-10-8-18(14-29)9-11-20)27(34,26(21)33)25-22(35-2)15-30-16-23(25)36-28/h3-11,15-16,21,24,26,32-34H,12-13,17H2,1-2H3. The van der Waals surface area contributed by atoms with Crippen molar-refractivity contribution in [3.05, 3.63) is 89.2 Å². The largest absolute Gasteiger partial charge is 0.495 e. The van der Waals surface area contributed by atoms with E-state index >= 15 is 0 Å². The summed E-state index contributed by atoms with van der Waals surface area (Å²) in [5.41, 5.74) is -0.991. The van der Waals surface area contributed by atoms with E-state index in [1.807, 2.05) is 42.3 Å². The molecule has 186 valence electrons. The molecule has 8 heteroatoms. The van der Waals surface area contributed by atoms with Crippen LogP contribution in [-0.2, 0) is 11.2 Å². The zero-order chi connectivity index (χ0) is 25.5. The molecule has 5 atom stereocenters. The minimum absolute atomic E-state index is 0.0286. The lowest BCUT2D eigenvalue weighted by atomic mass is 9.70. The molecule has 3 N–H and O–H groups in total. The van der Waals surface area contributed by atoms with Gasteiger partial charge in [0.15, 0.2) is 11.2 Å². The van der Waals surface area contributed by atoms with Gasteiger partial charge < -0.3 is 29.7 Å². The Balaban J connectivity index is 1.81. The van der Waals surface area contributed by atoms with Gasteiger partial charge in [0.05, 0.1) is 49.4 Å². The van der Waals surface area contributed by atoms with Gasteiger partial charge in [0, 0.05) is 24.9 Å². The van der Waals surface area contributed by atoms with Crippen molar-refractivity contribution in [1.29, 1.82) is 5.26 Å². The number of pyridine rings is 1. The molecule has 0 radical (unpaired) electrons. The fraction of sp³-hybridized carbons (Fsp3) is 0.357. The molecule has 5 unspecified atom stereocenters. The Labute approximate surface area is 210 Å². The molecule has 1 aliphatic heterocycles. The van der Waals surface area contributed by atoms with Crippen LogP contribution in [0.4, 0.5) is 0 Å². The molecule has 0 saturated heterocycles. The summed E-state index contributed by atoms with van der Waals surface area (Å²) < 4.78 is 12.3. The highest BCUT2D eigenvalue weighted by molar-refractivity contribution is 5.59. The molecule has 2 heterocycles. The van der Waals surface area contributed by atoms with Crippen LogP contribution >= 0.6 is 0 Å². The molecule has 0 spiro atoms. The summed E-state index contributed by atoms with van der Waals surface area (Å²) in [6.07, 6.45) is 1.78. The van der Waals surface area contributed by atoms with E-state index < -0.39 is 29.1 Å². The number of ether oxygens (including phenoxy) is 2. The number of methoxy groups -OCH3 is 1. The first-order valence-corrected chi connectivity index (χ1v) is 11.9. The lowest BCUT2D eigenvalue weighted by molar-refractivity contribution is -0.152. The van der Waals surface area contributed by atoms with E-state index in [4.69, 9.17) is 9.47 Å². The minimum atomic E-state index is -1.89. The van der Waals surface area contributed by atoms with Crippen LogP contribution in [0.5, 0.6) is 11.5 Å². The second kappa shape index (κ2) is 9.19. The topological polar surface area (TPSA) is 119 Å². The first-order chi connectivity index (χ1) is 17.4. The second-order valence-electron chi connectivity index (χ2n) is 9.49. The molecule has 1 aliphatic carbocycles. The molecule has 1 saturated carbocycles. The van der Waals surface area contributed by atoms with E-state index in [9.17, 15) is 20.6 Å². The molecule has 0 amide bonds. The third-order valence-electron chi connectivity index (χ3n) is 7.62.